The van der Waals surface area contributed by atoms with Gasteiger partial charge in [-0.2, -0.15) is 0 Å². The first-order valence-corrected chi connectivity index (χ1v) is 9.06. The Morgan fingerprint density at radius 3 is 2.62 bits per heavy atom. The zero-order valence-corrected chi connectivity index (χ0v) is 13.5. The van der Waals surface area contributed by atoms with Crippen molar-refractivity contribution in [2.75, 3.05) is 19.3 Å². The third-order valence-corrected chi connectivity index (χ3v) is 5.19. The second-order valence-electron chi connectivity index (χ2n) is 5.28. The lowest BCUT2D eigenvalue weighted by Gasteiger charge is -2.29. The summed E-state index contributed by atoms with van der Waals surface area (Å²) in [5, 5.41) is 3.53. The van der Waals surface area contributed by atoms with Crippen LogP contribution in [-0.2, 0) is 21.4 Å². The minimum atomic E-state index is -3.15. The summed E-state index contributed by atoms with van der Waals surface area (Å²) in [5.74, 6) is -0.148. The fraction of sp³-hybridized carbons (Fsp3) is 0.500. The highest BCUT2D eigenvalue weighted by molar-refractivity contribution is 7.88. The van der Waals surface area contributed by atoms with E-state index in [1.54, 1.807) is 6.07 Å². The monoisotopic (exact) mass is 330 g/mol. The van der Waals surface area contributed by atoms with Crippen LogP contribution in [0.3, 0.4) is 0 Å². The Kier molecular flexibility index (Phi) is 5.24. The Morgan fingerprint density at radius 1 is 1.38 bits per heavy atom. The van der Waals surface area contributed by atoms with E-state index in [1.807, 2.05) is 18.2 Å². The number of hydrogen-bond donors (Lipinski definition) is 1. The van der Waals surface area contributed by atoms with Crippen LogP contribution in [0.15, 0.2) is 24.3 Å². The van der Waals surface area contributed by atoms with Gasteiger partial charge in [-0.05, 0) is 30.5 Å². The Balaban J connectivity index is 1.83. The van der Waals surface area contributed by atoms with Gasteiger partial charge in [0.2, 0.25) is 15.9 Å². The maximum atomic E-state index is 12.1. The highest BCUT2D eigenvalue weighted by Crippen LogP contribution is 2.19. The van der Waals surface area contributed by atoms with E-state index < -0.39 is 10.0 Å². The summed E-state index contributed by atoms with van der Waals surface area (Å²) >= 11 is 5.89. The summed E-state index contributed by atoms with van der Waals surface area (Å²) in [4.78, 5) is 12.1. The van der Waals surface area contributed by atoms with Gasteiger partial charge in [0.1, 0.15) is 0 Å². The van der Waals surface area contributed by atoms with Gasteiger partial charge in [-0.3, -0.25) is 4.79 Å². The van der Waals surface area contributed by atoms with Gasteiger partial charge >= 0.3 is 0 Å². The fourth-order valence-corrected chi connectivity index (χ4v) is 3.52. The lowest BCUT2D eigenvalue weighted by Crippen LogP contribution is -2.42. The molecule has 1 amide bonds. The van der Waals surface area contributed by atoms with Crippen molar-refractivity contribution < 1.29 is 13.2 Å². The molecule has 0 unspecified atom stereocenters. The number of piperidine rings is 1. The molecule has 0 saturated carbocycles. The van der Waals surface area contributed by atoms with E-state index in [2.05, 4.69) is 5.32 Å². The van der Waals surface area contributed by atoms with Crippen LogP contribution >= 0.6 is 11.6 Å². The SMILES string of the molecule is CS(=O)(=O)N1CCC(C(=O)NCc2cccc(Cl)c2)CC1. The molecule has 0 radical (unpaired) electrons. The molecule has 21 heavy (non-hydrogen) atoms. The maximum Gasteiger partial charge on any atom is 0.223 e. The minimum Gasteiger partial charge on any atom is -0.352 e. The molecule has 1 aliphatic rings. The third-order valence-electron chi connectivity index (χ3n) is 3.65. The number of carbonyl (C=O) groups excluding carboxylic acids is 1. The van der Waals surface area contributed by atoms with Crippen LogP contribution in [0.4, 0.5) is 0 Å². The lowest BCUT2D eigenvalue weighted by atomic mass is 9.97. The number of nitrogens with one attached hydrogen (secondary N) is 1. The molecule has 1 aliphatic heterocycles. The van der Waals surface area contributed by atoms with E-state index in [1.165, 1.54) is 10.6 Å². The largest absolute Gasteiger partial charge is 0.352 e. The molecule has 1 aromatic rings. The smallest absolute Gasteiger partial charge is 0.223 e. The summed E-state index contributed by atoms with van der Waals surface area (Å²) in [6.07, 6.45) is 2.33. The molecule has 116 valence electrons. The third kappa shape index (κ3) is 4.69. The first-order chi connectivity index (χ1) is 9.86. The quantitative estimate of drug-likeness (QED) is 0.912. The molecule has 1 fully saturated rings. The summed E-state index contributed by atoms with van der Waals surface area (Å²) < 4.78 is 24.3. The molecule has 1 heterocycles. The van der Waals surface area contributed by atoms with Crippen molar-refractivity contribution in [3.8, 4) is 0 Å². The number of hydrogen-bond acceptors (Lipinski definition) is 3. The zero-order valence-electron chi connectivity index (χ0n) is 11.9. The number of carbonyl (C=O) groups is 1. The van der Waals surface area contributed by atoms with Crippen molar-refractivity contribution in [1.82, 2.24) is 9.62 Å². The molecule has 0 aliphatic carbocycles. The molecular weight excluding hydrogens is 312 g/mol. The average Bonchev–Trinajstić information content (AvgIpc) is 2.44. The maximum absolute atomic E-state index is 12.1. The molecule has 0 aromatic heterocycles. The van der Waals surface area contributed by atoms with Crippen molar-refractivity contribution in [1.29, 1.82) is 0 Å². The second kappa shape index (κ2) is 6.77. The van der Waals surface area contributed by atoms with Gasteiger partial charge in [-0.25, -0.2) is 12.7 Å². The first-order valence-electron chi connectivity index (χ1n) is 6.83. The van der Waals surface area contributed by atoms with Gasteiger partial charge in [0.05, 0.1) is 6.26 Å². The van der Waals surface area contributed by atoms with E-state index in [9.17, 15) is 13.2 Å². The summed E-state index contributed by atoms with van der Waals surface area (Å²) in [7, 11) is -3.15. The predicted molar refractivity (Wildman–Crippen MR) is 82.4 cm³/mol. The van der Waals surface area contributed by atoms with Gasteiger partial charge in [-0.15, -0.1) is 0 Å². The number of amides is 1. The minimum absolute atomic E-state index is 0.0249. The van der Waals surface area contributed by atoms with Gasteiger partial charge in [0.25, 0.3) is 0 Å². The second-order valence-corrected chi connectivity index (χ2v) is 7.70. The number of nitrogens with zero attached hydrogens (tertiary/aromatic N) is 1. The average molecular weight is 331 g/mol. The predicted octanol–water partition coefficient (Wildman–Crippen LogP) is 1.63. The van der Waals surface area contributed by atoms with E-state index in [-0.39, 0.29) is 11.8 Å². The van der Waals surface area contributed by atoms with Gasteiger partial charge in [0, 0.05) is 30.6 Å². The Morgan fingerprint density at radius 2 is 2.05 bits per heavy atom. The van der Waals surface area contributed by atoms with Crippen LogP contribution in [0, 0.1) is 5.92 Å². The van der Waals surface area contributed by atoms with E-state index >= 15 is 0 Å². The molecule has 0 atom stereocenters. The molecule has 0 spiro atoms. The van der Waals surface area contributed by atoms with Crippen molar-refractivity contribution in [2.45, 2.75) is 19.4 Å². The number of halogens is 1. The molecule has 1 aromatic carbocycles. The Labute approximate surface area is 130 Å². The molecule has 1 saturated heterocycles. The van der Waals surface area contributed by atoms with Crippen LogP contribution in [0.25, 0.3) is 0 Å². The van der Waals surface area contributed by atoms with E-state index in [0.29, 0.717) is 37.5 Å². The zero-order chi connectivity index (χ0) is 15.5. The van der Waals surface area contributed by atoms with Crippen molar-refractivity contribution in [3.63, 3.8) is 0 Å². The van der Waals surface area contributed by atoms with Gasteiger partial charge < -0.3 is 5.32 Å². The summed E-state index contributed by atoms with van der Waals surface area (Å²) in [6, 6.07) is 7.34. The standard InChI is InChI=1S/C14H19ClN2O3S/c1-21(19,20)17-7-5-12(6-8-17)14(18)16-10-11-3-2-4-13(15)9-11/h2-4,9,12H,5-8,10H2,1H3,(H,16,18). The summed E-state index contributed by atoms with van der Waals surface area (Å²) in [5.41, 5.74) is 0.949. The number of rotatable bonds is 4. The molecule has 1 N–H and O–H groups in total. The molecule has 0 bridgehead atoms. The van der Waals surface area contributed by atoms with Crippen molar-refractivity contribution in [3.05, 3.63) is 34.9 Å². The van der Waals surface area contributed by atoms with Crippen LogP contribution in [0.1, 0.15) is 18.4 Å². The number of sulfonamides is 1. The highest BCUT2D eigenvalue weighted by Gasteiger charge is 2.28. The molecule has 2 rings (SSSR count). The van der Waals surface area contributed by atoms with Crippen LogP contribution in [-0.4, -0.2) is 38.0 Å². The molecular formula is C14H19ClN2O3S. The first kappa shape index (κ1) is 16.3. The molecule has 5 nitrogen and oxygen atoms in total. The van der Waals surface area contributed by atoms with Crippen molar-refractivity contribution in [2.24, 2.45) is 5.92 Å². The Bertz CT molecular complexity index is 610. The van der Waals surface area contributed by atoms with Gasteiger partial charge in [0.15, 0.2) is 0 Å². The normalized spacial score (nSPS) is 17.6. The summed E-state index contributed by atoms with van der Waals surface area (Å²) in [6.45, 7) is 1.26. The topological polar surface area (TPSA) is 66.5 Å². The van der Waals surface area contributed by atoms with Gasteiger partial charge in [-0.1, -0.05) is 23.7 Å². The van der Waals surface area contributed by atoms with Crippen LogP contribution < -0.4 is 5.32 Å². The van der Waals surface area contributed by atoms with E-state index in [4.69, 9.17) is 11.6 Å². The van der Waals surface area contributed by atoms with Crippen molar-refractivity contribution >= 4 is 27.5 Å². The fourth-order valence-electron chi connectivity index (χ4n) is 2.43. The van der Waals surface area contributed by atoms with Crippen LogP contribution in [0.2, 0.25) is 5.02 Å². The number of benzene rings is 1. The van der Waals surface area contributed by atoms with Crippen LogP contribution in [0.5, 0.6) is 0 Å². The molecule has 7 heteroatoms. The lowest BCUT2D eigenvalue weighted by molar-refractivity contribution is -0.126. The highest BCUT2D eigenvalue weighted by atomic mass is 35.5. The Hall–Kier alpha value is -1.11. The van der Waals surface area contributed by atoms with E-state index in [0.717, 1.165) is 5.56 Å².